The normalized spacial score (nSPS) is 11.5. The molecule has 140 valence electrons. The van der Waals surface area contributed by atoms with Gasteiger partial charge in [-0.2, -0.15) is 13.2 Å². The minimum absolute atomic E-state index is 0.117. The Hall–Kier alpha value is -3.56. The molecule has 27 heavy (non-hydrogen) atoms. The molecule has 0 atom stereocenters. The third kappa shape index (κ3) is 3.84. The fourth-order valence-electron chi connectivity index (χ4n) is 2.71. The second-order valence-corrected chi connectivity index (χ2v) is 5.64. The van der Waals surface area contributed by atoms with Gasteiger partial charge in [-0.25, -0.2) is 4.79 Å². The first-order valence-electron chi connectivity index (χ1n) is 7.50. The molecule has 0 saturated carbocycles. The van der Waals surface area contributed by atoms with Gasteiger partial charge < -0.3 is 14.4 Å². The summed E-state index contributed by atoms with van der Waals surface area (Å²) < 4.78 is 44.7. The third-order valence-electron chi connectivity index (χ3n) is 3.84. The Morgan fingerprint density at radius 3 is 2.56 bits per heavy atom. The van der Waals surface area contributed by atoms with Crippen molar-refractivity contribution in [2.24, 2.45) is 0 Å². The summed E-state index contributed by atoms with van der Waals surface area (Å²) in [5.74, 6) is -0.157. The highest BCUT2D eigenvalue weighted by atomic mass is 19.4. The number of hydrogen-bond acceptors (Lipinski definition) is 4. The molecule has 0 radical (unpaired) electrons. The summed E-state index contributed by atoms with van der Waals surface area (Å²) in [4.78, 5) is 21.2. The number of alkyl halides is 3. The van der Waals surface area contributed by atoms with Gasteiger partial charge in [0.2, 0.25) is 5.88 Å². The van der Waals surface area contributed by atoms with Crippen LogP contribution < -0.4 is 4.74 Å². The second kappa shape index (κ2) is 6.63. The molecule has 7 nitrogen and oxygen atoms in total. The number of nitro benzene ring substituents is 1. The van der Waals surface area contributed by atoms with Crippen molar-refractivity contribution >= 4 is 22.7 Å². The van der Waals surface area contributed by atoms with Crippen LogP contribution in [0, 0.1) is 10.1 Å². The van der Waals surface area contributed by atoms with Crippen LogP contribution in [0.2, 0.25) is 0 Å². The van der Waals surface area contributed by atoms with Gasteiger partial charge in [0, 0.05) is 23.6 Å². The van der Waals surface area contributed by atoms with Crippen LogP contribution >= 0.6 is 0 Å². The third-order valence-corrected chi connectivity index (χ3v) is 3.84. The number of carbonyl (C=O) groups is 1. The zero-order chi connectivity index (χ0) is 19.8. The van der Waals surface area contributed by atoms with Crippen LogP contribution in [0.4, 0.5) is 23.7 Å². The van der Waals surface area contributed by atoms with E-state index in [0.29, 0.717) is 10.9 Å². The Morgan fingerprint density at radius 1 is 1.19 bits per heavy atom. The van der Waals surface area contributed by atoms with E-state index in [2.05, 4.69) is 4.74 Å². The molecule has 3 aromatic rings. The average Bonchev–Trinajstić information content (AvgIpc) is 2.90. The quantitative estimate of drug-likeness (QED) is 0.403. The van der Waals surface area contributed by atoms with Gasteiger partial charge in [0.25, 0.3) is 5.69 Å². The number of ether oxygens (including phenoxy) is 1. The molecule has 10 heteroatoms. The van der Waals surface area contributed by atoms with Crippen LogP contribution in [0.15, 0.2) is 48.5 Å². The Bertz CT molecular complexity index is 1040. The minimum Gasteiger partial charge on any atom is -0.449 e. The van der Waals surface area contributed by atoms with Crippen LogP contribution in [0.5, 0.6) is 5.88 Å². The van der Waals surface area contributed by atoms with E-state index in [0.717, 1.165) is 12.1 Å². The number of fused-ring (bicyclic) bond motifs is 1. The van der Waals surface area contributed by atoms with E-state index < -0.39 is 22.8 Å². The number of halogens is 3. The number of benzene rings is 2. The topological polar surface area (TPSA) is 94.6 Å². The van der Waals surface area contributed by atoms with Gasteiger partial charge in [-0.15, -0.1) is 0 Å². The van der Waals surface area contributed by atoms with Gasteiger partial charge in [0.15, 0.2) is 0 Å². The summed E-state index contributed by atoms with van der Waals surface area (Å²) in [6, 6.07) is 9.68. The van der Waals surface area contributed by atoms with Crippen LogP contribution in [0.1, 0.15) is 11.1 Å². The van der Waals surface area contributed by atoms with E-state index >= 15 is 0 Å². The van der Waals surface area contributed by atoms with E-state index in [-0.39, 0.29) is 23.7 Å². The predicted molar refractivity (Wildman–Crippen MR) is 87.8 cm³/mol. The standard InChI is InChI=1S/C17H11F3N2O5/c18-17(19,20)12-3-1-2-10(6-12)9-21-14-5-4-13(22(25)26)7-11(14)8-15(21)27-16(23)24/h1-8H,9H2,(H,23,24). The number of hydrogen-bond donors (Lipinski definition) is 1. The van der Waals surface area contributed by atoms with Crippen LogP contribution in [0.25, 0.3) is 10.9 Å². The van der Waals surface area contributed by atoms with Gasteiger partial charge in [0.05, 0.1) is 22.5 Å². The number of carboxylic acid groups (broad SMARTS) is 1. The summed E-state index contributed by atoms with van der Waals surface area (Å²) in [5.41, 5.74) is -0.404. The highest BCUT2D eigenvalue weighted by Crippen LogP contribution is 2.32. The molecular weight excluding hydrogens is 369 g/mol. The highest BCUT2D eigenvalue weighted by Gasteiger charge is 2.30. The monoisotopic (exact) mass is 380 g/mol. The summed E-state index contributed by atoms with van der Waals surface area (Å²) in [6.07, 6.45) is -6.13. The SMILES string of the molecule is O=C(O)Oc1cc2cc([N+](=O)[O-])ccc2n1Cc1cccc(C(F)(F)F)c1. The molecular formula is C17H11F3N2O5. The summed E-state index contributed by atoms with van der Waals surface area (Å²) in [6.45, 7) is -0.117. The van der Waals surface area contributed by atoms with E-state index in [9.17, 15) is 28.1 Å². The van der Waals surface area contributed by atoms with E-state index in [1.807, 2.05) is 0 Å². The van der Waals surface area contributed by atoms with Gasteiger partial charge in [-0.3, -0.25) is 10.1 Å². The largest absolute Gasteiger partial charge is 0.512 e. The first-order chi connectivity index (χ1) is 12.6. The van der Waals surface area contributed by atoms with Gasteiger partial charge >= 0.3 is 12.3 Å². The molecule has 0 aliphatic carbocycles. The Labute approximate surface area is 149 Å². The summed E-state index contributed by atoms with van der Waals surface area (Å²) in [7, 11) is 0. The van der Waals surface area contributed by atoms with Crippen molar-refractivity contribution in [3.8, 4) is 5.88 Å². The van der Waals surface area contributed by atoms with Crippen LogP contribution in [-0.2, 0) is 12.7 Å². The van der Waals surface area contributed by atoms with Crippen molar-refractivity contribution in [3.05, 3.63) is 69.8 Å². The fraction of sp³-hybridized carbons (Fsp3) is 0.118. The molecule has 0 fully saturated rings. The van der Waals surface area contributed by atoms with E-state index in [1.165, 1.54) is 41.0 Å². The molecule has 0 amide bonds. The molecule has 0 aliphatic heterocycles. The molecule has 1 heterocycles. The molecule has 0 aliphatic rings. The van der Waals surface area contributed by atoms with Crippen molar-refractivity contribution in [1.29, 1.82) is 0 Å². The number of nitro groups is 1. The maximum Gasteiger partial charge on any atom is 0.512 e. The molecule has 0 bridgehead atoms. The molecule has 3 rings (SSSR count). The first-order valence-corrected chi connectivity index (χ1v) is 7.50. The van der Waals surface area contributed by atoms with E-state index in [1.54, 1.807) is 0 Å². The van der Waals surface area contributed by atoms with E-state index in [4.69, 9.17) is 5.11 Å². The molecule has 0 unspecified atom stereocenters. The Balaban J connectivity index is 2.09. The zero-order valence-electron chi connectivity index (χ0n) is 13.4. The van der Waals surface area contributed by atoms with Crippen LogP contribution in [0.3, 0.4) is 0 Å². The lowest BCUT2D eigenvalue weighted by atomic mass is 10.1. The summed E-state index contributed by atoms with van der Waals surface area (Å²) in [5, 5.41) is 20.1. The minimum atomic E-state index is -4.52. The zero-order valence-corrected chi connectivity index (χ0v) is 13.4. The maximum atomic E-state index is 12.9. The van der Waals surface area contributed by atoms with Crippen LogP contribution in [-0.4, -0.2) is 20.8 Å². The Morgan fingerprint density at radius 2 is 1.93 bits per heavy atom. The fourth-order valence-corrected chi connectivity index (χ4v) is 2.71. The predicted octanol–water partition coefficient (Wildman–Crippen LogP) is 4.67. The molecule has 0 spiro atoms. The first kappa shape index (κ1) is 18.2. The Kier molecular flexibility index (Phi) is 4.48. The second-order valence-electron chi connectivity index (χ2n) is 5.64. The van der Waals surface area contributed by atoms with Gasteiger partial charge in [0.1, 0.15) is 0 Å². The number of nitrogens with zero attached hydrogens (tertiary/aromatic N) is 2. The number of aromatic nitrogens is 1. The molecule has 1 aromatic heterocycles. The van der Waals surface area contributed by atoms with Crippen molar-refractivity contribution < 1.29 is 32.7 Å². The van der Waals surface area contributed by atoms with Gasteiger partial charge in [-0.05, 0) is 23.8 Å². The van der Waals surface area contributed by atoms with Crippen molar-refractivity contribution in [2.45, 2.75) is 12.7 Å². The van der Waals surface area contributed by atoms with Crippen molar-refractivity contribution in [3.63, 3.8) is 0 Å². The number of non-ortho nitro benzene ring substituents is 1. The molecule has 2 aromatic carbocycles. The summed E-state index contributed by atoms with van der Waals surface area (Å²) >= 11 is 0. The van der Waals surface area contributed by atoms with Crippen molar-refractivity contribution in [2.75, 3.05) is 0 Å². The lowest BCUT2D eigenvalue weighted by molar-refractivity contribution is -0.384. The lowest BCUT2D eigenvalue weighted by Crippen LogP contribution is -2.10. The molecule has 1 N–H and O–H groups in total. The molecule has 0 saturated heterocycles. The maximum absolute atomic E-state index is 12.9. The highest BCUT2D eigenvalue weighted by molar-refractivity contribution is 5.85. The average molecular weight is 380 g/mol. The van der Waals surface area contributed by atoms with Gasteiger partial charge in [-0.1, -0.05) is 12.1 Å². The number of rotatable bonds is 4. The smallest absolute Gasteiger partial charge is 0.449 e. The van der Waals surface area contributed by atoms with Crippen molar-refractivity contribution in [1.82, 2.24) is 4.57 Å². The lowest BCUT2D eigenvalue weighted by Gasteiger charge is -2.12.